The van der Waals surface area contributed by atoms with Crippen LogP contribution in [0.4, 0.5) is 11.4 Å². The molecule has 2 aliphatic rings. The second-order valence-electron chi connectivity index (χ2n) is 8.18. The lowest BCUT2D eigenvalue weighted by molar-refractivity contribution is -0.132. The Bertz CT molecular complexity index is 1130. The van der Waals surface area contributed by atoms with E-state index in [0.717, 1.165) is 30.0 Å². The predicted octanol–water partition coefficient (Wildman–Crippen LogP) is 4.26. The Morgan fingerprint density at radius 3 is 2.16 bits per heavy atom. The summed E-state index contributed by atoms with van der Waals surface area (Å²) in [5.41, 5.74) is 3.57. The molecule has 6 heteroatoms. The minimum absolute atomic E-state index is 0.0150. The Labute approximate surface area is 192 Å². The highest BCUT2D eigenvalue weighted by molar-refractivity contribution is 6.30. The van der Waals surface area contributed by atoms with Gasteiger partial charge in [0.25, 0.3) is 5.91 Å². The van der Waals surface area contributed by atoms with Crippen molar-refractivity contribution in [1.82, 2.24) is 4.90 Å². The summed E-state index contributed by atoms with van der Waals surface area (Å²) in [7, 11) is 0. The summed E-state index contributed by atoms with van der Waals surface area (Å²) in [4.78, 5) is 32.9. The van der Waals surface area contributed by atoms with Crippen molar-refractivity contribution in [1.29, 1.82) is 0 Å². The van der Waals surface area contributed by atoms with Gasteiger partial charge in [0.1, 0.15) is 6.04 Å². The Balaban J connectivity index is 1.34. The second-order valence-corrected chi connectivity index (χ2v) is 8.62. The molecule has 1 fully saturated rings. The topological polar surface area (TPSA) is 43.9 Å². The molecule has 0 radical (unpaired) electrons. The molecular formula is C26H24ClN3O2. The molecule has 0 bridgehead atoms. The summed E-state index contributed by atoms with van der Waals surface area (Å²) in [5.74, 6) is -0.116. The van der Waals surface area contributed by atoms with Crippen LogP contribution in [-0.2, 0) is 11.2 Å². The summed E-state index contributed by atoms with van der Waals surface area (Å²) < 4.78 is 0. The van der Waals surface area contributed by atoms with Crippen LogP contribution in [0.3, 0.4) is 0 Å². The van der Waals surface area contributed by atoms with Gasteiger partial charge in [0.05, 0.1) is 0 Å². The Hall–Kier alpha value is -3.31. The molecule has 5 rings (SSSR count). The van der Waals surface area contributed by atoms with E-state index in [2.05, 4.69) is 4.90 Å². The predicted molar refractivity (Wildman–Crippen MR) is 127 cm³/mol. The fourth-order valence-corrected chi connectivity index (χ4v) is 4.73. The molecule has 2 aliphatic heterocycles. The number of anilines is 2. The van der Waals surface area contributed by atoms with Crippen molar-refractivity contribution in [2.45, 2.75) is 12.5 Å². The van der Waals surface area contributed by atoms with Crippen LogP contribution in [0, 0.1) is 0 Å². The van der Waals surface area contributed by atoms with Crippen molar-refractivity contribution < 1.29 is 9.59 Å². The molecule has 1 atom stereocenters. The normalized spacial score (nSPS) is 17.9. The third-order valence-corrected chi connectivity index (χ3v) is 6.54. The number of carbonyl (C=O) groups excluding carboxylic acids is 2. The van der Waals surface area contributed by atoms with E-state index in [0.29, 0.717) is 30.1 Å². The summed E-state index contributed by atoms with van der Waals surface area (Å²) in [6.07, 6.45) is 0.547. The molecule has 162 valence electrons. The average Bonchev–Trinajstić information content (AvgIpc) is 3.24. The minimum Gasteiger partial charge on any atom is -0.368 e. The average molecular weight is 446 g/mol. The van der Waals surface area contributed by atoms with Crippen molar-refractivity contribution in [3.63, 3.8) is 0 Å². The second kappa shape index (κ2) is 8.67. The fraction of sp³-hybridized carbons (Fsp3) is 0.231. The van der Waals surface area contributed by atoms with Gasteiger partial charge in [-0.2, -0.15) is 0 Å². The van der Waals surface area contributed by atoms with Crippen molar-refractivity contribution in [3.8, 4) is 0 Å². The van der Waals surface area contributed by atoms with Gasteiger partial charge in [-0.3, -0.25) is 14.5 Å². The van der Waals surface area contributed by atoms with Gasteiger partial charge in [-0.15, -0.1) is 0 Å². The summed E-state index contributed by atoms with van der Waals surface area (Å²) in [6, 6.07) is 24.3. The largest absolute Gasteiger partial charge is 0.368 e. The number of carbonyl (C=O) groups is 2. The highest BCUT2D eigenvalue weighted by atomic mass is 35.5. The van der Waals surface area contributed by atoms with E-state index >= 15 is 0 Å². The first-order valence-electron chi connectivity index (χ1n) is 10.9. The van der Waals surface area contributed by atoms with Crippen LogP contribution in [0.1, 0.15) is 15.9 Å². The van der Waals surface area contributed by atoms with Crippen LogP contribution >= 0.6 is 11.6 Å². The monoisotopic (exact) mass is 445 g/mol. The number of rotatable bonds is 3. The molecular weight excluding hydrogens is 422 g/mol. The highest BCUT2D eigenvalue weighted by Gasteiger charge is 2.41. The van der Waals surface area contributed by atoms with Gasteiger partial charge in [0, 0.05) is 54.6 Å². The number of hydrogen-bond acceptors (Lipinski definition) is 3. The third-order valence-electron chi connectivity index (χ3n) is 6.28. The number of nitrogens with zero attached hydrogens (tertiary/aromatic N) is 3. The maximum Gasteiger partial charge on any atom is 0.259 e. The first-order chi connectivity index (χ1) is 15.6. The van der Waals surface area contributed by atoms with E-state index in [1.54, 1.807) is 17.0 Å². The van der Waals surface area contributed by atoms with E-state index in [1.807, 2.05) is 71.6 Å². The van der Waals surface area contributed by atoms with E-state index in [4.69, 9.17) is 11.6 Å². The smallest absolute Gasteiger partial charge is 0.259 e. The van der Waals surface area contributed by atoms with E-state index in [1.165, 1.54) is 0 Å². The van der Waals surface area contributed by atoms with Gasteiger partial charge >= 0.3 is 0 Å². The van der Waals surface area contributed by atoms with Crippen LogP contribution in [0.15, 0.2) is 78.9 Å². The maximum absolute atomic E-state index is 13.6. The third kappa shape index (κ3) is 3.84. The van der Waals surface area contributed by atoms with Crippen LogP contribution in [0.2, 0.25) is 5.02 Å². The summed E-state index contributed by atoms with van der Waals surface area (Å²) in [6.45, 7) is 2.75. The molecule has 3 aromatic rings. The number of halogens is 1. The Kier molecular flexibility index (Phi) is 5.58. The molecule has 5 nitrogen and oxygen atoms in total. The van der Waals surface area contributed by atoms with Crippen LogP contribution < -0.4 is 9.80 Å². The number of amides is 2. The lowest BCUT2D eigenvalue weighted by Gasteiger charge is -2.38. The van der Waals surface area contributed by atoms with E-state index < -0.39 is 6.04 Å². The number of fused-ring (bicyclic) bond motifs is 1. The molecule has 2 amide bonds. The minimum atomic E-state index is -0.512. The lowest BCUT2D eigenvalue weighted by Crippen LogP contribution is -2.55. The van der Waals surface area contributed by atoms with Gasteiger partial charge in [-0.25, -0.2) is 0 Å². The van der Waals surface area contributed by atoms with Gasteiger partial charge in [0.2, 0.25) is 5.91 Å². The van der Waals surface area contributed by atoms with Gasteiger partial charge in [-0.1, -0.05) is 48.0 Å². The standard InChI is InChI=1S/C26H24ClN3O2/c27-21-10-12-22(13-11-21)28-14-16-29(17-15-28)26(32)24-18-20-8-4-5-9-23(20)30(24)25(31)19-6-2-1-3-7-19/h1-13,24H,14-18H2/t24-/m1/s1. The molecule has 3 aromatic carbocycles. The van der Waals surface area contributed by atoms with Crippen molar-refractivity contribution in [3.05, 3.63) is 95.0 Å². The molecule has 2 heterocycles. The van der Waals surface area contributed by atoms with Crippen molar-refractivity contribution in [2.24, 2.45) is 0 Å². The van der Waals surface area contributed by atoms with Gasteiger partial charge < -0.3 is 9.80 Å². The van der Waals surface area contributed by atoms with E-state index in [-0.39, 0.29) is 11.8 Å². The number of para-hydroxylation sites is 1. The summed E-state index contributed by atoms with van der Waals surface area (Å²) >= 11 is 6.01. The highest BCUT2D eigenvalue weighted by Crippen LogP contribution is 2.34. The molecule has 0 unspecified atom stereocenters. The van der Waals surface area contributed by atoms with Crippen LogP contribution in [0.5, 0.6) is 0 Å². The quantitative estimate of drug-likeness (QED) is 0.605. The van der Waals surface area contributed by atoms with Crippen LogP contribution in [-0.4, -0.2) is 48.9 Å². The molecule has 1 saturated heterocycles. The molecule has 32 heavy (non-hydrogen) atoms. The molecule has 0 aromatic heterocycles. The number of benzene rings is 3. The van der Waals surface area contributed by atoms with Gasteiger partial charge in [0.15, 0.2) is 0 Å². The number of hydrogen-bond donors (Lipinski definition) is 0. The fourth-order valence-electron chi connectivity index (χ4n) is 4.60. The summed E-state index contributed by atoms with van der Waals surface area (Å²) in [5, 5.41) is 0.714. The Morgan fingerprint density at radius 2 is 1.44 bits per heavy atom. The molecule has 0 N–H and O–H groups in total. The zero-order valence-electron chi connectivity index (χ0n) is 17.7. The number of piperazine rings is 1. The zero-order chi connectivity index (χ0) is 22.1. The first-order valence-corrected chi connectivity index (χ1v) is 11.3. The van der Waals surface area contributed by atoms with E-state index in [9.17, 15) is 9.59 Å². The lowest BCUT2D eigenvalue weighted by atomic mass is 10.1. The maximum atomic E-state index is 13.6. The van der Waals surface area contributed by atoms with Crippen LogP contribution in [0.25, 0.3) is 0 Å². The Morgan fingerprint density at radius 1 is 0.781 bits per heavy atom. The molecule has 0 aliphatic carbocycles. The molecule has 0 spiro atoms. The molecule has 0 saturated carbocycles. The zero-order valence-corrected chi connectivity index (χ0v) is 18.4. The first kappa shape index (κ1) is 20.6. The van der Waals surface area contributed by atoms with Crippen molar-refractivity contribution in [2.75, 3.05) is 36.0 Å². The van der Waals surface area contributed by atoms with Crippen molar-refractivity contribution >= 4 is 34.8 Å². The SMILES string of the molecule is O=C([C@H]1Cc2ccccc2N1C(=O)c1ccccc1)N1CCN(c2ccc(Cl)cc2)CC1. The van der Waals surface area contributed by atoms with Gasteiger partial charge in [-0.05, 0) is 48.0 Å².